The van der Waals surface area contributed by atoms with Crippen LogP contribution in [0, 0.1) is 29.1 Å². The molecule has 1 aliphatic carbocycles. The maximum atomic E-state index is 13.7. The van der Waals surface area contributed by atoms with Gasteiger partial charge in [0, 0.05) is 25.1 Å². The van der Waals surface area contributed by atoms with Crippen LogP contribution in [0.15, 0.2) is 23.7 Å². The van der Waals surface area contributed by atoms with Gasteiger partial charge in [-0.25, -0.2) is 4.98 Å². The van der Waals surface area contributed by atoms with Gasteiger partial charge in [-0.3, -0.25) is 14.4 Å². The Morgan fingerprint density at radius 2 is 2.05 bits per heavy atom. The molecule has 3 atom stereocenters. The molecule has 1 aliphatic heterocycles. The van der Waals surface area contributed by atoms with Crippen molar-refractivity contribution in [3.05, 3.63) is 35.0 Å². The Kier molecular flexibility index (Phi) is 8.52. The molecule has 3 amide bonds. The van der Waals surface area contributed by atoms with E-state index in [1.807, 2.05) is 52.8 Å². The lowest BCUT2D eigenvalue weighted by atomic mass is 9.85. The predicted octanol–water partition coefficient (Wildman–Crippen LogP) is 2.93. The topological polar surface area (TPSA) is 145 Å². The number of thiazole rings is 1. The number of β-amino-alcohol motifs (C(OH)–C–C–N with tert-alkyl or cyclic N) is 1. The fourth-order valence-electron chi connectivity index (χ4n) is 4.92. The minimum Gasteiger partial charge on any atom is -0.494 e. The van der Waals surface area contributed by atoms with E-state index < -0.39 is 46.7 Å². The zero-order chi connectivity index (χ0) is 29.2. The van der Waals surface area contributed by atoms with E-state index in [4.69, 9.17) is 4.74 Å². The van der Waals surface area contributed by atoms with Gasteiger partial charge in [0.25, 0.3) is 0 Å². The Hall–Kier alpha value is -3.49. The number of aromatic nitrogens is 1. The Morgan fingerprint density at radius 1 is 1.32 bits per heavy atom. The number of aliphatic hydroxyl groups is 1. The number of aliphatic hydroxyl groups excluding tert-OH is 1. The number of nitrogens with one attached hydrogen (secondary N) is 2. The van der Waals surface area contributed by atoms with Crippen LogP contribution < -0.4 is 15.4 Å². The highest BCUT2D eigenvalue weighted by Crippen LogP contribution is 2.45. The van der Waals surface area contributed by atoms with Crippen molar-refractivity contribution < 1.29 is 24.2 Å². The molecule has 1 saturated carbocycles. The average molecular weight is 568 g/mol. The van der Waals surface area contributed by atoms with E-state index in [1.165, 1.54) is 4.90 Å². The number of hydrogen-bond acceptors (Lipinski definition) is 8. The van der Waals surface area contributed by atoms with Gasteiger partial charge in [0.05, 0.1) is 34.9 Å². The maximum Gasteiger partial charge on any atom is 0.246 e. The van der Waals surface area contributed by atoms with Crippen LogP contribution in [0.3, 0.4) is 0 Å². The summed E-state index contributed by atoms with van der Waals surface area (Å²) in [6.45, 7) is 9.90. The molecule has 40 heavy (non-hydrogen) atoms. The lowest BCUT2D eigenvalue weighted by Crippen LogP contribution is -2.58. The number of benzene rings is 1. The molecule has 2 aliphatic rings. The third-order valence-corrected chi connectivity index (χ3v) is 8.46. The van der Waals surface area contributed by atoms with Crippen LogP contribution in [0.4, 0.5) is 0 Å². The van der Waals surface area contributed by atoms with Crippen LogP contribution in [0.5, 0.6) is 5.75 Å². The smallest absolute Gasteiger partial charge is 0.246 e. The van der Waals surface area contributed by atoms with Gasteiger partial charge >= 0.3 is 0 Å². The fourth-order valence-corrected chi connectivity index (χ4v) is 5.72. The number of likely N-dealkylation sites (tertiary alicyclic amines) is 1. The van der Waals surface area contributed by atoms with E-state index in [9.17, 15) is 24.8 Å². The van der Waals surface area contributed by atoms with Crippen LogP contribution in [-0.2, 0) is 20.9 Å². The van der Waals surface area contributed by atoms with E-state index in [1.54, 1.807) is 16.8 Å². The molecular formula is C29H37N5O5S. The van der Waals surface area contributed by atoms with Gasteiger partial charge in [0.2, 0.25) is 17.7 Å². The molecule has 4 rings (SSSR count). The van der Waals surface area contributed by atoms with Crippen molar-refractivity contribution in [1.82, 2.24) is 20.5 Å². The standard InChI is InChI=1S/C29H37N5O5S/c1-6-39-22-11-18(23-17(2)32-16-40-23)7-8-19(22)13-31-25(36)21-12-20(35)14-34(21)26(37)24(28(3,4)5)33-27(38)29(15-30)9-10-29/h7-8,11,16,20-21,24,35H,6,9-10,12-14H2,1-5H3,(H,31,36)(H,33,38). The number of carbonyl (C=O) groups excluding carboxylic acids is 3. The van der Waals surface area contributed by atoms with Crippen molar-refractivity contribution in [3.63, 3.8) is 0 Å². The summed E-state index contributed by atoms with van der Waals surface area (Å²) in [7, 11) is 0. The summed E-state index contributed by atoms with van der Waals surface area (Å²) in [4.78, 5) is 46.6. The van der Waals surface area contributed by atoms with E-state index in [2.05, 4.69) is 21.7 Å². The minimum atomic E-state index is -1.09. The van der Waals surface area contributed by atoms with Gasteiger partial charge < -0.3 is 25.4 Å². The van der Waals surface area contributed by atoms with Crippen LogP contribution in [0.2, 0.25) is 0 Å². The highest BCUT2D eigenvalue weighted by molar-refractivity contribution is 7.13. The molecule has 11 heteroatoms. The average Bonchev–Trinajstić information content (AvgIpc) is 3.44. The summed E-state index contributed by atoms with van der Waals surface area (Å²) < 4.78 is 5.86. The lowest BCUT2D eigenvalue weighted by molar-refractivity contribution is -0.144. The molecule has 214 valence electrons. The Labute approximate surface area is 238 Å². The van der Waals surface area contributed by atoms with Crippen LogP contribution in [0.1, 0.15) is 58.2 Å². The molecule has 3 unspecified atom stereocenters. The van der Waals surface area contributed by atoms with Crippen molar-refractivity contribution in [2.75, 3.05) is 13.2 Å². The normalized spacial score (nSPS) is 20.4. The predicted molar refractivity (Wildman–Crippen MR) is 150 cm³/mol. The van der Waals surface area contributed by atoms with Gasteiger partial charge in [-0.1, -0.05) is 32.9 Å². The zero-order valence-electron chi connectivity index (χ0n) is 23.6. The summed E-state index contributed by atoms with van der Waals surface area (Å²) in [5.74, 6) is -0.672. The molecule has 10 nitrogen and oxygen atoms in total. The van der Waals surface area contributed by atoms with E-state index in [0.717, 1.165) is 21.7 Å². The molecule has 3 N–H and O–H groups in total. The molecular weight excluding hydrogens is 530 g/mol. The molecule has 0 bridgehead atoms. The van der Waals surface area contributed by atoms with E-state index >= 15 is 0 Å². The second kappa shape index (κ2) is 11.6. The highest BCUT2D eigenvalue weighted by Gasteiger charge is 2.53. The first-order valence-corrected chi connectivity index (χ1v) is 14.4. The number of nitrogens with zero attached hydrogens (tertiary/aromatic N) is 3. The van der Waals surface area contributed by atoms with Crippen LogP contribution in [0.25, 0.3) is 10.4 Å². The molecule has 1 saturated heterocycles. The molecule has 1 aromatic carbocycles. The van der Waals surface area contributed by atoms with Crippen molar-refractivity contribution in [2.24, 2.45) is 10.8 Å². The number of nitriles is 1. The minimum absolute atomic E-state index is 0.0180. The maximum absolute atomic E-state index is 13.7. The highest BCUT2D eigenvalue weighted by atomic mass is 32.1. The molecule has 2 aromatic rings. The fraction of sp³-hybridized carbons (Fsp3) is 0.552. The quantitative estimate of drug-likeness (QED) is 0.423. The zero-order valence-corrected chi connectivity index (χ0v) is 24.4. The Balaban J connectivity index is 1.49. The first-order valence-electron chi connectivity index (χ1n) is 13.5. The number of aryl methyl sites for hydroxylation is 1. The van der Waals surface area contributed by atoms with Gasteiger partial charge in [0.1, 0.15) is 23.2 Å². The van der Waals surface area contributed by atoms with Gasteiger partial charge in [0.15, 0.2) is 0 Å². The number of carbonyl (C=O) groups is 3. The molecule has 0 spiro atoms. The summed E-state index contributed by atoms with van der Waals surface area (Å²) in [6, 6.07) is 6.00. The van der Waals surface area contributed by atoms with Crippen molar-refractivity contribution in [1.29, 1.82) is 5.26 Å². The number of ether oxygens (including phenoxy) is 1. The summed E-state index contributed by atoms with van der Waals surface area (Å²) in [5, 5.41) is 25.5. The summed E-state index contributed by atoms with van der Waals surface area (Å²) in [5.41, 5.74) is 2.72. The van der Waals surface area contributed by atoms with E-state index in [0.29, 0.717) is 25.2 Å². The monoisotopic (exact) mass is 567 g/mol. The number of rotatable bonds is 9. The number of hydrogen-bond donors (Lipinski definition) is 3. The van der Waals surface area contributed by atoms with Crippen molar-refractivity contribution >= 4 is 29.1 Å². The summed E-state index contributed by atoms with van der Waals surface area (Å²) >= 11 is 1.55. The Bertz CT molecular complexity index is 1320. The van der Waals surface area contributed by atoms with Gasteiger partial charge in [-0.2, -0.15) is 5.26 Å². The Morgan fingerprint density at radius 3 is 2.62 bits per heavy atom. The van der Waals surface area contributed by atoms with Crippen molar-refractivity contribution in [2.45, 2.75) is 78.6 Å². The van der Waals surface area contributed by atoms with E-state index in [-0.39, 0.29) is 19.5 Å². The van der Waals surface area contributed by atoms with Gasteiger partial charge in [-0.05, 0) is 43.7 Å². The second-order valence-electron chi connectivity index (χ2n) is 11.6. The van der Waals surface area contributed by atoms with Crippen molar-refractivity contribution in [3.8, 4) is 22.3 Å². The third-order valence-electron chi connectivity index (χ3n) is 7.48. The molecule has 2 fully saturated rings. The SMILES string of the molecule is CCOc1cc(-c2scnc2C)ccc1CNC(=O)C1CC(O)CN1C(=O)C(NC(=O)C1(C#N)CC1)C(C)(C)C. The lowest BCUT2D eigenvalue weighted by Gasteiger charge is -2.35. The molecule has 2 heterocycles. The number of amides is 3. The first-order chi connectivity index (χ1) is 18.9. The summed E-state index contributed by atoms with van der Waals surface area (Å²) in [6.07, 6.45) is 0.141. The van der Waals surface area contributed by atoms with Crippen LogP contribution >= 0.6 is 11.3 Å². The second-order valence-corrected chi connectivity index (χ2v) is 12.5. The van der Waals surface area contributed by atoms with Crippen LogP contribution in [-0.4, -0.2) is 64.1 Å². The molecule has 1 aromatic heterocycles. The molecule has 0 radical (unpaired) electrons. The third kappa shape index (κ3) is 6.13. The first kappa shape index (κ1) is 29.5. The van der Waals surface area contributed by atoms with Gasteiger partial charge in [-0.15, -0.1) is 11.3 Å². The largest absolute Gasteiger partial charge is 0.494 e.